The van der Waals surface area contributed by atoms with Gasteiger partial charge in [-0.25, -0.2) is 24.1 Å². The summed E-state index contributed by atoms with van der Waals surface area (Å²) in [6, 6.07) is 3.12. The molecule has 1 fully saturated rings. The number of amides is 1. The van der Waals surface area contributed by atoms with Crippen molar-refractivity contribution in [2.45, 2.75) is 75.9 Å². The maximum Gasteiger partial charge on any atom is 0.326 e. The molecule has 0 aromatic carbocycles. The van der Waals surface area contributed by atoms with E-state index in [9.17, 15) is 19.1 Å². The number of rotatable bonds is 16. The first-order chi connectivity index (χ1) is 19.8. The summed E-state index contributed by atoms with van der Waals surface area (Å²) < 4.78 is 18.7. The van der Waals surface area contributed by atoms with E-state index in [-0.39, 0.29) is 17.5 Å². The van der Waals surface area contributed by atoms with Crippen LogP contribution in [-0.2, 0) is 32.6 Å². The van der Waals surface area contributed by atoms with E-state index in [0.29, 0.717) is 43.7 Å². The fraction of sp³-hybridized carbons (Fsp3) is 0.621. The zero-order chi connectivity index (χ0) is 29.4. The fourth-order valence-corrected chi connectivity index (χ4v) is 5.85. The van der Waals surface area contributed by atoms with E-state index in [0.717, 1.165) is 50.2 Å². The molecular weight excluding hydrogens is 551 g/mol. The molecule has 2 aliphatic rings. The van der Waals surface area contributed by atoms with Gasteiger partial charge in [0, 0.05) is 43.7 Å². The van der Waals surface area contributed by atoms with Gasteiger partial charge in [-0.1, -0.05) is 17.7 Å². The van der Waals surface area contributed by atoms with E-state index in [1.165, 1.54) is 19.0 Å². The second-order valence-corrected chi connectivity index (χ2v) is 11.3. The van der Waals surface area contributed by atoms with Gasteiger partial charge in [-0.2, -0.15) is 0 Å². The number of carbonyl (C=O) groups excluding carboxylic acids is 1. The first kappa shape index (κ1) is 31.1. The van der Waals surface area contributed by atoms with Gasteiger partial charge in [0.15, 0.2) is 0 Å². The normalized spacial score (nSPS) is 16.9. The SMILES string of the molecule is COC(CF)CN(CCCCc1ccc2c(n1)NCCC2)CCC(NC(=O)C1(c2c(C)ncnc2Cl)CC1)C(=O)O. The maximum absolute atomic E-state index is 13.5. The Kier molecular flexibility index (Phi) is 10.9. The average molecular weight is 591 g/mol. The molecule has 3 N–H and O–H groups in total. The predicted molar refractivity (Wildman–Crippen MR) is 154 cm³/mol. The van der Waals surface area contributed by atoms with E-state index in [1.54, 1.807) is 6.92 Å². The highest BCUT2D eigenvalue weighted by Gasteiger charge is 2.54. The number of aliphatic carboxylic acids is 1. The number of carboxylic acid groups (broad SMARTS) is 1. The molecule has 224 valence electrons. The van der Waals surface area contributed by atoms with Crippen LogP contribution in [0.3, 0.4) is 0 Å². The smallest absolute Gasteiger partial charge is 0.326 e. The number of hydrogen-bond donors (Lipinski definition) is 3. The molecule has 1 amide bonds. The standard InChI is InChI=1S/C29H40ClFN6O4/c1-19-24(25(30)34-18-33-19)29(11-12-29)28(40)36-23(27(38)39)10-15-37(17-22(16-31)41-2)14-4-3-7-21-9-8-20-6-5-13-32-26(20)35-21/h8-9,18,22-23H,3-7,10-17H2,1-2H3,(H,32,35)(H,36,40)(H,38,39). The molecule has 0 spiro atoms. The van der Waals surface area contributed by atoms with E-state index in [1.807, 2.05) is 4.90 Å². The number of pyridine rings is 1. The van der Waals surface area contributed by atoms with Crippen LogP contribution >= 0.6 is 11.6 Å². The van der Waals surface area contributed by atoms with Gasteiger partial charge < -0.3 is 25.4 Å². The van der Waals surface area contributed by atoms with Gasteiger partial charge >= 0.3 is 5.97 Å². The number of nitrogens with one attached hydrogen (secondary N) is 2. The lowest BCUT2D eigenvalue weighted by Gasteiger charge is -2.27. The number of anilines is 1. The third-order valence-electron chi connectivity index (χ3n) is 8.07. The second-order valence-electron chi connectivity index (χ2n) is 11.0. The minimum atomic E-state index is -1.12. The highest BCUT2D eigenvalue weighted by molar-refractivity contribution is 6.30. The molecule has 2 aromatic heterocycles. The topological polar surface area (TPSA) is 130 Å². The van der Waals surface area contributed by atoms with Crippen molar-refractivity contribution in [2.75, 3.05) is 45.3 Å². The van der Waals surface area contributed by atoms with Crippen molar-refractivity contribution in [3.63, 3.8) is 0 Å². The highest BCUT2D eigenvalue weighted by Crippen LogP contribution is 2.51. The van der Waals surface area contributed by atoms with E-state index < -0.39 is 30.2 Å². The van der Waals surface area contributed by atoms with Crippen LogP contribution in [0.15, 0.2) is 18.5 Å². The van der Waals surface area contributed by atoms with Gasteiger partial charge in [0.2, 0.25) is 5.91 Å². The first-order valence-corrected chi connectivity index (χ1v) is 14.7. The Hall–Kier alpha value is -2.89. The van der Waals surface area contributed by atoms with Crippen LogP contribution in [0.4, 0.5) is 10.2 Å². The van der Waals surface area contributed by atoms with Crippen LogP contribution in [-0.4, -0.2) is 88.9 Å². The monoisotopic (exact) mass is 590 g/mol. The third-order valence-corrected chi connectivity index (χ3v) is 8.35. The van der Waals surface area contributed by atoms with Crippen LogP contribution in [0.25, 0.3) is 0 Å². The fourth-order valence-electron chi connectivity index (χ4n) is 5.49. The molecule has 0 bridgehead atoms. The van der Waals surface area contributed by atoms with Gasteiger partial charge in [0.25, 0.3) is 0 Å². The summed E-state index contributed by atoms with van der Waals surface area (Å²) in [6.45, 7) is 3.40. The van der Waals surface area contributed by atoms with Crippen molar-refractivity contribution in [1.82, 2.24) is 25.2 Å². The van der Waals surface area contributed by atoms with Gasteiger partial charge in [-0.3, -0.25) is 4.79 Å². The Morgan fingerprint density at radius 1 is 1.27 bits per heavy atom. The molecule has 12 heteroatoms. The van der Waals surface area contributed by atoms with Crippen molar-refractivity contribution in [1.29, 1.82) is 0 Å². The minimum Gasteiger partial charge on any atom is -0.480 e. The van der Waals surface area contributed by atoms with Crippen molar-refractivity contribution in [3.05, 3.63) is 46.1 Å². The number of ether oxygens (including phenoxy) is 1. The maximum atomic E-state index is 13.5. The summed E-state index contributed by atoms with van der Waals surface area (Å²) in [6.07, 6.45) is 6.69. The summed E-state index contributed by atoms with van der Waals surface area (Å²) >= 11 is 6.30. The predicted octanol–water partition coefficient (Wildman–Crippen LogP) is 3.49. The lowest BCUT2D eigenvalue weighted by atomic mass is 9.94. The Bertz CT molecular complexity index is 1190. The molecule has 3 heterocycles. The van der Waals surface area contributed by atoms with Gasteiger partial charge in [-0.15, -0.1) is 0 Å². The summed E-state index contributed by atoms with van der Waals surface area (Å²) in [5.74, 6) is -0.530. The first-order valence-electron chi connectivity index (χ1n) is 14.3. The molecule has 10 nitrogen and oxygen atoms in total. The molecule has 2 aromatic rings. The van der Waals surface area contributed by atoms with Gasteiger partial charge in [0.1, 0.15) is 30.0 Å². The summed E-state index contributed by atoms with van der Waals surface area (Å²) in [5.41, 5.74) is 2.54. The van der Waals surface area contributed by atoms with E-state index in [2.05, 4.69) is 32.7 Å². The number of methoxy groups -OCH3 is 1. The number of carboxylic acids is 1. The number of halogens is 2. The summed E-state index contributed by atoms with van der Waals surface area (Å²) in [7, 11) is 1.47. The molecule has 2 atom stereocenters. The minimum absolute atomic E-state index is 0.163. The number of fused-ring (bicyclic) bond motifs is 1. The van der Waals surface area contributed by atoms with Crippen molar-refractivity contribution in [3.8, 4) is 0 Å². The van der Waals surface area contributed by atoms with Crippen LogP contribution in [0.5, 0.6) is 0 Å². The zero-order valence-electron chi connectivity index (χ0n) is 23.8. The number of carbonyl (C=O) groups is 2. The second kappa shape index (κ2) is 14.3. The average Bonchev–Trinajstić information content (AvgIpc) is 3.77. The highest BCUT2D eigenvalue weighted by atomic mass is 35.5. The van der Waals surface area contributed by atoms with E-state index in [4.69, 9.17) is 21.3 Å². The van der Waals surface area contributed by atoms with Crippen molar-refractivity contribution >= 4 is 29.3 Å². The van der Waals surface area contributed by atoms with E-state index >= 15 is 0 Å². The lowest BCUT2D eigenvalue weighted by molar-refractivity contribution is -0.142. The summed E-state index contributed by atoms with van der Waals surface area (Å²) in [5, 5.41) is 16.2. The number of hydrogen-bond acceptors (Lipinski definition) is 8. The molecule has 1 aliphatic carbocycles. The quantitative estimate of drug-likeness (QED) is 0.199. The zero-order valence-corrected chi connectivity index (χ0v) is 24.6. The van der Waals surface area contributed by atoms with Gasteiger partial charge in [-0.05, 0) is 76.5 Å². The Balaban J connectivity index is 1.33. The third kappa shape index (κ3) is 7.90. The van der Waals surface area contributed by atoms with Crippen molar-refractivity contribution < 1.29 is 23.8 Å². The Labute approximate surface area is 245 Å². The molecule has 2 unspecified atom stereocenters. The van der Waals surface area contributed by atoms with Crippen LogP contribution in [0.2, 0.25) is 5.15 Å². The molecule has 4 rings (SSSR count). The number of aromatic nitrogens is 3. The van der Waals surface area contributed by atoms with Crippen LogP contribution in [0.1, 0.15) is 61.0 Å². The molecule has 0 saturated heterocycles. The van der Waals surface area contributed by atoms with Gasteiger partial charge in [0.05, 0.1) is 11.5 Å². The molecule has 1 aliphatic heterocycles. The number of alkyl halides is 1. The summed E-state index contributed by atoms with van der Waals surface area (Å²) in [4.78, 5) is 40.4. The molecular formula is C29H40ClFN6O4. The largest absolute Gasteiger partial charge is 0.480 e. The lowest BCUT2D eigenvalue weighted by Crippen LogP contribution is -2.48. The number of unbranched alkanes of at least 4 members (excludes halogenated alkanes) is 1. The number of aryl methyl sites for hydroxylation is 3. The molecule has 1 saturated carbocycles. The number of nitrogens with zero attached hydrogens (tertiary/aromatic N) is 4. The Morgan fingerprint density at radius 2 is 2.07 bits per heavy atom. The molecule has 41 heavy (non-hydrogen) atoms. The molecule has 0 radical (unpaired) electrons. The Morgan fingerprint density at radius 3 is 2.76 bits per heavy atom. The van der Waals surface area contributed by atoms with Crippen LogP contribution < -0.4 is 10.6 Å². The van der Waals surface area contributed by atoms with Crippen molar-refractivity contribution in [2.24, 2.45) is 0 Å². The van der Waals surface area contributed by atoms with Crippen LogP contribution in [0, 0.1) is 6.92 Å².